The summed E-state index contributed by atoms with van der Waals surface area (Å²) in [5.74, 6) is 0.940. The van der Waals surface area contributed by atoms with Gasteiger partial charge in [-0.25, -0.2) is 0 Å². The average Bonchev–Trinajstić information content (AvgIpc) is 2.00. The van der Waals surface area contributed by atoms with Crippen LogP contribution in [0.1, 0.15) is 40.5 Å². The fraction of sp³-hybridized carbons (Fsp3) is 0.889. The summed E-state index contributed by atoms with van der Waals surface area (Å²) in [6.45, 7) is 8.14. The molecule has 0 saturated heterocycles. The van der Waals surface area contributed by atoms with Gasteiger partial charge in [0.25, 0.3) is 0 Å². The van der Waals surface area contributed by atoms with E-state index in [0.717, 1.165) is 12.8 Å². The first-order chi connectivity index (χ1) is 4.63. The van der Waals surface area contributed by atoms with Gasteiger partial charge in [0.05, 0.1) is 0 Å². The molecule has 0 saturated carbocycles. The Bertz CT molecular complexity index is 95.3. The van der Waals surface area contributed by atoms with E-state index in [1.807, 2.05) is 13.8 Å². The predicted molar refractivity (Wildman–Crippen MR) is 43.9 cm³/mol. The quantitative estimate of drug-likeness (QED) is 0.589. The Hall–Kier alpha value is -0.330. The molecular weight excluding hydrogens is 124 g/mol. The van der Waals surface area contributed by atoms with E-state index in [-0.39, 0.29) is 11.8 Å². The second-order valence-electron chi connectivity index (χ2n) is 3.02. The zero-order valence-corrected chi connectivity index (χ0v) is 7.48. The van der Waals surface area contributed by atoms with Crippen LogP contribution >= 0.6 is 0 Å². The highest BCUT2D eigenvalue weighted by atomic mass is 16.1. The molecule has 0 N–H and O–H groups in total. The van der Waals surface area contributed by atoms with Crippen LogP contribution in [-0.2, 0) is 4.79 Å². The minimum absolute atomic E-state index is 0.259. The second kappa shape index (κ2) is 4.48. The lowest BCUT2D eigenvalue weighted by atomic mass is 9.92. The molecule has 0 aromatic heterocycles. The number of Topliss-reactive ketones (excluding diaryl/α,β-unsaturated/α-hetero) is 1. The lowest BCUT2D eigenvalue weighted by Crippen LogP contribution is -2.17. The summed E-state index contributed by atoms with van der Waals surface area (Å²) < 4.78 is 0. The number of ketones is 1. The summed E-state index contributed by atoms with van der Waals surface area (Å²) in [4.78, 5) is 11.3. The fourth-order valence-electron chi connectivity index (χ4n) is 0.888. The predicted octanol–water partition coefficient (Wildman–Crippen LogP) is 2.65. The molecule has 0 radical (unpaired) electrons. The van der Waals surface area contributed by atoms with Crippen molar-refractivity contribution in [2.24, 2.45) is 11.8 Å². The van der Waals surface area contributed by atoms with Crippen molar-refractivity contribution in [1.29, 1.82) is 0 Å². The van der Waals surface area contributed by atoms with Gasteiger partial charge < -0.3 is 0 Å². The normalized spacial score (nSPS) is 16.4. The van der Waals surface area contributed by atoms with Crippen molar-refractivity contribution in [3.8, 4) is 0 Å². The van der Waals surface area contributed by atoms with E-state index in [4.69, 9.17) is 0 Å². The van der Waals surface area contributed by atoms with Gasteiger partial charge in [-0.05, 0) is 12.8 Å². The number of carbonyl (C=O) groups excluding carboxylic acids is 1. The van der Waals surface area contributed by atoms with Crippen LogP contribution in [0.3, 0.4) is 0 Å². The SMILES string of the molecule is CC[C@@H](C)C(=O)[C@@H](C)CC. The van der Waals surface area contributed by atoms with Gasteiger partial charge in [0, 0.05) is 11.8 Å². The molecule has 0 bridgehead atoms. The van der Waals surface area contributed by atoms with E-state index in [1.165, 1.54) is 0 Å². The maximum Gasteiger partial charge on any atom is 0.138 e. The molecule has 0 heterocycles. The number of rotatable bonds is 4. The van der Waals surface area contributed by atoms with E-state index in [0.29, 0.717) is 5.78 Å². The molecule has 0 aromatic rings. The molecule has 0 amide bonds. The summed E-state index contributed by atoms with van der Waals surface area (Å²) in [5, 5.41) is 0. The van der Waals surface area contributed by atoms with Gasteiger partial charge in [-0.2, -0.15) is 0 Å². The monoisotopic (exact) mass is 142 g/mol. The van der Waals surface area contributed by atoms with E-state index >= 15 is 0 Å². The maximum absolute atomic E-state index is 11.3. The highest BCUT2D eigenvalue weighted by Crippen LogP contribution is 2.12. The van der Waals surface area contributed by atoms with Gasteiger partial charge in [0.15, 0.2) is 0 Å². The highest BCUT2D eigenvalue weighted by molar-refractivity contribution is 5.82. The Kier molecular flexibility index (Phi) is 4.33. The standard InChI is InChI=1S/C9H18O/c1-5-7(3)9(10)8(4)6-2/h7-8H,5-6H2,1-4H3/t7-,8+. The number of hydrogen-bond acceptors (Lipinski definition) is 1. The smallest absolute Gasteiger partial charge is 0.138 e. The molecule has 0 unspecified atom stereocenters. The molecule has 0 rings (SSSR count). The van der Waals surface area contributed by atoms with Gasteiger partial charge in [0.2, 0.25) is 0 Å². The third kappa shape index (κ3) is 2.51. The van der Waals surface area contributed by atoms with Crippen LogP contribution in [-0.4, -0.2) is 5.78 Å². The Morgan fingerprint density at radius 2 is 1.40 bits per heavy atom. The highest BCUT2D eigenvalue weighted by Gasteiger charge is 2.15. The van der Waals surface area contributed by atoms with Crippen LogP contribution in [0, 0.1) is 11.8 Å². The van der Waals surface area contributed by atoms with Crippen LogP contribution < -0.4 is 0 Å². The topological polar surface area (TPSA) is 17.1 Å². The van der Waals surface area contributed by atoms with Crippen molar-refractivity contribution in [2.45, 2.75) is 40.5 Å². The van der Waals surface area contributed by atoms with Gasteiger partial charge in [-0.15, -0.1) is 0 Å². The summed E-state index contributed by atoms with van der Waals surface area (Å²) in [5.41, 5.74) is 0. The van der Waals surface area contributed by atoms with Crippen molar-refractivity contribution < 1.29 is 4.79 Å². The van der Waals surface area contributed by atoms with Gasteiger partial charge in [-0.1, -0.05) is 27.7 Å². The lowest BCUT2D eigenvalue weighted by Gasteiger charge is -2.11. The third-order valence-electron chi connectivity index (χ3n) is 2.20. The van der Waals surface area contributed by atoms with Crippen LogP contribution in [0.4, 0.5) is 0 Å². The first-order valence-electron chi connectivity index (χ1n) is 4.17. The summed E-state index contributed by atoms with van der Waals surface area (Å²) >= 11 is 0. The third-order valence-corrected chi connectivity index (χ3v) is 2.20. The Labute approximate surface area is 63.8 Å². The van der Waals surface area contributed by atoms with E-state index in [9.17, 15) is 4.79 Å². The Morgan fingerprint density at radius 1 is 1.10 bits per heavy atom. The number of carbonyl (C=O) groups is 1. The zero-order valence-electron chi connectivity index (χ0n) is 7.48. The minimum atomic E-state index is 0.259. The average molecular weight is 142 g/mol. The van der Waals surface area contributed by atoms with E-state index in [1.54, 1.807) is 0 Å². The molecule has 60 valence electrons. The summed E-state index contributed by atoms with van der Waals surface area (Å²) in [6.07, 6.45) is 1.95. The first kappa shape index (κ1) is 9.67. The molecule has 0 fully saturated rings. The van der Waals surface area contributed by atoms with E-state index < -0.39 is 0 Å². The maximum atomic E-state index is 11.3. The van der Waals surface area contributed by atoms with Crippen molar-refractivity contribution >= 4 is 5.78 Å². The molecule has 0 aliphatic carbocycles. The summed E-state index contributed by atoms with van der Waals surface area (Å²) in [6, 6.07) is 0. The Morgan fingerprint density at radius 3 is 1.60 bits per heavy atom. The molecule has 1 heteroatoms. The lowest BCUT2D eigenvalue weighted by molar-refractivity contribution is -0.125. The molecule has 0 aliphatic rings. The molecule has 10 heavy (non-hydrogen) atoms. The second-order valence-corrected chi connectivity index (χ2v) is 3.02. The molecule has 0 aliphatic heterocycles. The fourth-order valence-corrected chi connectivity index (χ4v) is 0.888. The van der Waals surface area contributed by atoms with Crippen molar-refractivity contribution in [1.82, 2.24) is 0 Å². The molecule has 0 aromatic carbocycles. The van der Waals surface area contributed by atoms with Crippen molar-refractivity contribution in [3.63, 3.8) is 0 Å². The molecule has 0 spiro atoms. The van der Waals surface area contributed by atoms with Crippen LogP contribution in [0.2, 0.25) is 0 Å². The first-order valence-corrected chi connectivity index (χ1v) is 4.17. The summed E-state index contributed by atoms with van der Waals surface area (Å²) in [7, 11) is 0. The van der Waals surface area contributed by atoms with Gasteiger partial charge in [0.1, 0.15) is 5.78 Å². The van der Waals surface area contributed by atoms with Crippen LogP contribution in [0.25, 0.3) is 0 Å². The minimum Gasteiger partial charge on any atom is -0.299 e. The largest absolute Gasteiger partial charge is 0.299 e. The van der Waals surface area contributed by atoms with E-state index in [2.05, 4.69) is 13.8 Å². The molecule has 2 atom stereocenters. The van der Waals surface area contributed by atoms with Crippen LogP contribution in [0.15, 0.2) is 0 Å². The van der Waals surface area contributed by atoms with Crippen molar-refractivity contribution in [3.05, 3.63) is 0 Å². The van der Waals surface area contributed by atoms with Gasteiger partial charge >= 0.3 is 0 Å². The Balaban J connectivity index is 3.82. The molecular formula is C9H18O. The number of hydrogen-bond donors (Lipinski definition) is 0. The van der Waals surface area contributed by atoms with Gasteiger partial charge in [-0.3, -0.25) is 4.79 Å². The zero-order chi connectivity index (χ0) is 8.15. The van der Waals surface area contributed by atoms with Crippen LogP contribution in [0.5, 0.6) is 0 Å². The molecule has 1 nitrogen and oxygen atoms in total. The van der Waals surface area contributed by atoms with Crippen molar-refractivity contribution in [2.75, 3.05) is 0 Å².